The molecule has 0 unspecified atom stereocenters. The minimum Gasteiger partial charge on any atom is -0.339 e. The van der Waals surface area contributed by atoms with Crippen molar-refractivity contribution in [2.75, 3.05) is 20.1 Å². The zero-order valence-corrected chi connectivity index (χ0v) is 16.1. The van der Waals surface area contributed by atoms with E-state index >= 15 is 0 Å². The van der Waals surface area contributed by atoms with Crippen molar-refractivity contribution in [2.45, 2.75) is 25.4 Å². The standard InChI is InChI=1S/C22H25N5O/c1-26(16-19-15-24-25-21(19)17-5-3-2-4-6-17)20-9-13-27(14-10-20)22(28)18-7-11-23-12-8-18/h2-8,11-12,15,20H,9-10,13-14,16H2,1H3,(H,24,25). The van der Waals surface area contributed by atoms with E-state index in [-0.39, 0.29) is 5.91 Å². The number of pyridine rings is 1. The highest BCUT2D eigenvalue weighted by molar-refractivity contribution is 5.94. The van der Waals surface area contributed by atoms with Crippen LogP contribution in [0.4, 0.5) is 0 Å². The number of carbonyl (C=O) groups excluding carboxylic acids is 1. The summed E-state index contributed by atoms with van der Waals surface area (Å²) in [7, 11) is 2.16. The second-order valence-electron chi connectivity index (χ2n) is 7.31. The van der Waals surface area contributed by atoms with Crippen LogP contribution in [0.1, 0.15) is 28.8 Å². The van der Waals surface area contributed by atoms with Gasteiger partial charge >= 0.3 is 0 Å². The minimum absolute atomic E-state index is 0.102. The molecular formula is C22H25N5O. The molecule has 144 valence electrons. The lowest BCUT2D eigenvalue weighted by molar-refractivity contribution is 0.0639. The first-order chi connectivity index (χ1) is 13.7. The van der Waals surface area contributed by atoms with Crippen LogP contribution in [-0.2, 0) is 6.54 Å². The summed E-state index contributed by atoms with van der Waals surface area (Å²) in [4.78, 5) is 20.9. The van der Waals surface area contributed by atoms with Crippen LogP contribution in [-0.4, -0.2) is 57.1 Å². The highest BCUT2D eigenvalue weighted by atomic mass is 16.2. The second-order valence-corrected chi connectivity index (χ2v) is 7.31. The third-order valence-electron chi connectivity index (χ3n) is 5.50. The lowest BCUT2D eigenvalue weighted by Crippen LogP contribution is -2.45. The molecule has 1 aliphatic rings. The molecule has 0 atom stereocenters. The zero-order chi connectivity index (χ0) is 19.3. The van der Waals surface area contributed by atoms with Crippen molar-refractivity contribution in [3.05, 3.63) is 72.2 Å². The van der Waals surface area contributed by atoms with E-state index in [4.69, 9.17) is 0 Å². The number of carbonyl (C=O) groups is 1. The number of H-pyrrole nitrogens is 1. The van der Waals surface area contributed by atoms with Gasteiger partial charge in [-0.05, 0) is 37.6 Å². The van der Waals surface area contributed by atoms with E-state index in [1.165, 1.54) is 5.56 Å². The Morgan fingerprint density at radius 3 is 2.57 bits per heavy atom. The van der Waals surface area contributed by atoms with Crippen LogP contribution >= 0.6 is 0 Å². The van der Waals surface area contributed by atoms with Crippen molar-refractivity contribution in [1.82, 2.24) is 25.0 Å². The number of amides is 1. The van der Waals surface area contributed by atoms with Gasteiger partial charge in [-0.2, -0.15) is 5.10 Å². The molecule has 4 rings (SSSR count). The van der Waals surface area contributed by atoms with Crippen LogP contribution in [0.5, 0.6) is 0 Å². The monoisotopic (exact) mass is 375 g/mol. The van der Waals surface area contributed by atoms with Gasteiger partial charge in [-0.3, -0.25) is 19.8 Å². The Labute approximate surface area is 165 Å². The highest BCUT2D eigenvalue weighted by Gasteiger charge is 2.26. The first-order valence-electron chi connectivity index (χ1n) is 9.69. The van der Waals surface area contributed by atoms with E-state index in [0.717, 1.165) is 43.7 Å². The van der Waals surface area contributed by atoms with Gasteiger partial charge in [0.15, 0.2) is 0 Å². The fourth-order valence-electron chi connectivity index (χ4n) is 3.87. The summed E-state index contributed by atoms with van der Waals surface area (Å²) in [6.07, 6.45) is 7.21. The largest absolute Gasteiger partial charge is 0.339 e. The van der Waals surface area contributed by atoms with E-state index in [1.807, 2.05) is 29.3 Å². The van der Waals surface area contributed by atoms with E-state index in [9.17, 15) is 4.79 Å². The first kappa shape index (κ1) is 18.4. The van der Waals surface area contributed by atoms with Gasteiger partial charge in [0, 0.05) is 49.2 Å². The Morgan fingerprint density at radius 1 is 1.14 bits per heavy atom. The Hall–Kier alpha value is -2.99. The van der Waals surface area contributed by atoms with E-state index < -0.39 is 0 Å². The number of hydrogen-bond acceptors (Lipinski definition) is 4. The molecule has 3 heterocycles. The maximum absolute atomic E-state index is 12.6. The highest BCUT2D eigenvalue weighted by Crippen LogP contribution is 2.24. The summed E-state index contributed by atoms with van der Waals surface area (Å²) in [5, 5.41) is 7.39. The zero-order valence-electron chi connectivity index (χ0n) is 16.1. The summed E-state index contributed by atoms with van der Waals surface area (Å²) in [6.45, 7) is 2.41. The van der Waals surface area contributed by atoms with Crippen molar-refractivity contribution in [2.24, 2.45) is 0 Å². The molecule has 1 aliphatic heterocycles. The number of piperidine rings is 1. The molecule has 0 radical (unpaired) electrons. The van der Waals surface area contributed by atoms with Crippen LogP contribution in [0.15, 0.2) is 61.1 Å². The quantitative estimate of drug-likeness (QED) is 0.744. The topological polar surface area (TPSA) is 65.1 Å². The molecular weight excluding hydrogens is 350 g/mol. The van der Waals surface area contributed by atoms with Gasteiger partial charge in [0.1, 0.15) is 0 Å². The number of benzene rings is 1. The van der Waals surface area contributed by atoms with Crippen molar-refractivity contribution in [3.8, 4) is 11.3 Å². The third-order valence-corrected chi connectivity index (χ3v) is 5.50. The van der Waals surface area contributed by atoms with Gasteiger partial charge in [-0.15, -0.1) is 0 Å². The molecule has 0 spiro atoms. The summed E-state index contributed by atoms with van der Waals surface area (Å²) in [6, 6.07) is 14.3. The van der Waals surface area contributed by atoms with Crippen LogP contribution in [0.2, 0.25) is 0 Å². The van der Waals surface area contributed by atoms with Gasteiger partial charge in [-0.1, -0.05) is 30.3 Å². The molecule has 6 heteroatoms. The number of rotatable bonds is 5. The number of nitrogens with zero attached hydrogens (tertiary/aromatic N) is 4. The smallest absolute Gasteiger partial charge is 0.253 e. The number of aromatic amines is 1. The van der Waals surface area contributed by atoms with Gasteiger partial charge < -0.3 is 4.90 Å². The third kappa shape index (κ3) is 3.97. The Kier molecular flexibility index (Phi) is 5.48. The van der Waals surface area contributed by atoms with Crippen molar-refractivity contribution in [1.29, 1.82) is 0 Å². The Balaban J connectivity index is 1.36. The van der Waals surface area contributed by atoms with Crippen molar-refractivity contribution >= 4 is 5.91 Å². The maximum atomic E-state index is 12.6. The predicted molar refractivity (Wildman–Crippen MR) is 109 cm³/mol. The van der Waals surface area contributed by atoms with Gasteiger partial charge in [0.05, 0.1) is 11.9 Å². The van der Waals surface area contributed by atoms with E-state index in [0.29, 0.717) is 11.6 Å². The molecule has 1 saturated heterocycles. The molecule has 0 saturated carbocycles. The van der Waals surface area contributed by atoms with Gasteiger partial charge in [0.2, 0.25) is 0 Å². The molecule has 0 bridgehead atoms. The van der Waals surface area contributed by atoms with E-state index in [2.05, 4.69) is 39.3 Å². The van der Waals surface area contributed by atoms with Crippen LogP contribution in [0.25, 0.3) is 11.3 Å². The molecule has 0 aliphatic carbocycles. The first-order valence-corrected chi connectivity index (χ1v) is 9.69. The Morgan fingerprint density at radius 2 is 1.86 bits per heavy atom. The number of likely N-dealkylation sites (tertiary alicyclic amines) is 1. The molecule has 2 aromatic heterocycles. The minimum atomic E-state index is 0.102. The lowest BCUT2D eigenvalue weighted by Gasteiger charge is -2.36. The summed E-state index contributed by atoms with van der Waals surface area (Å²) >= 11 is 0. The summed E-state index contributed by atoms with van der Waals surface area (Å²) in [5.41, 5.74) is 4.15. The number of hydrogen-bond donors (Lipinski definition) is 1. The maximum Gasteiger partial charge on any atom is 0.253 e. The molecule has 1 amide bonds. The van der Waals surface area contributed by atoms with Crippen molar-refractivity contribution in [3.63, 3.8) is 0 Å². The normalized spacial score (nSPS) is 15.1. The van der Waals surface area contributed by atoms with Crippen LogP contribution in [0, 0.1) is 0 Å². The molecule has 1 fully saturated rings. The number of aromatic nitrogens is 3. The average Bonchev–Trinajstić information content (AvgIpc) is 3.22. The summed E-state index contributed by atoms with van der Waals surface area (Å²) < 4.78 is 0. The molecule has 3 aromatic rings. The SMILES string of the molecule is CN(Cc1cn[nH]c1-c1ccccc1)C1CCN(C(=O)c2ccncc2)CC1. The fourth-order valence-corrected chi connectivity index (χ4v) is 3.87. The van der Waals surface area contributed by atoms with Crippen LogP contribution in [0.3, 0.4) is 0 Å². The average molecular weight is 375 g/mol. The van der Waals surface area contributed by atoms with E-state index in [1.54, 1.807) is 24.5 Å². The van der Waals surface area contributed by atoms with Crippen LogP contribution < -0.4 is 0 Å². The predicted octanol–water partition coefficient (Wildman–Crippen LogP) is 3.21. The summed E-state index contributed by atoms with van der Waals surface area (Å²) in [5.74, 6) is 0.102. The molecule has 1 aromatic carbocycles. The number of nitrogens with one attached hydrogen (secondary N) is 1. The van der Waals surface area contributed by atoms with Gasteiger partial charge in [0.25, 0.3) is 5.91 Å². The second kappa shape index (κ2) is 8.35. The Bertz CT molecular complexity index is 901. The molecule has 6 nitrogen and oxygen atoms in total. The molecule has 1 N–H and O–H groups in total. The van der Waals surface area contributed by atoms with Gasteiger partial charge in [-0.25, -0.2) is 0 Å². The fraction of sp³-hybridized carbons (Fsp3) is 0.318. The lowest BCUT2D eigenvalue weighted by atomic mass is 10.0. The van der Waals surface area contributed by atoms with Crippen molar-refractivity contribution < 1.29 is 4.79 Å². The molecule has 28 heavy (non-hydrogen) atoms.